The predicted molar refractivity (Wildman–Crippen MR) is 61.4 cm³/mol. The topological polar surface area (TPSA) is 55.1 Å². The molecule has 0 aromatic heterocycles. The van der Waals surface area contributed by atoms with Crippen molar-refractivity contribution in [1.82, 2.24) is 5.32 Å². The van der Waals surface area contributed by atoms with Crippen LogP contribution in [0, 0.1) is 0 Å². The Morgan fingerprint density at radius 1 is 1.50 bits per heavy atom. The summed E-state index contributed by atoms with van der Waals surface area (Å²) in [5, 5.41) is 3.97. The fourth-order valence-corrected chi connectivity index (χ4v) is 2.92. The van der Waals surface area contributed by atoms with E-state index in [0.717, 1.165) is 0 Å². The first-order valence-electron chi connectivity index (χ1n) is 5.23. The SMILES string of the molecule is CSC1CCCCC1NC(C)C(N)=O. The lowest BCUT2D eigenvalue weighted by atomic mass is 9.94. The van der Waals surface area contributed by atoms with Crippen LogP contribution in [0.1, 0.15) is 32.6 Å². The van der Waals surface area contributed by atoms with Gasteiger partial charge < -0.3 is 11.1 Å². The van der Waals surface area contributed by atoms with Gasteiger partial charge in [-0.05, 0) is 26.0 Å². The summed E-state index contributed by atoms with van der Waals surface area (Å²) in [7, 11) is 0. The van der Waals surface area contributed by atoms with Gasteiger partial charge in [-0.3, -0.25) is 4.79 Å². The van der Waals surface area contributed by atoms with Crippen LogP contribution in [-0.4, -0.2) is 29.5 Å². The van der Waals surface area contributed by atoms with E-state index in [9.17, 15) is 4.79 Å². The van der Waals surface area contributed by atoms with Gasteiger partial charge in [0.2, 0.25) is 5.91 Å². The molecule has 0 aromatic rings. The van der Waals surface area contributed by atoms with Crippen molar-refractivity contribution in [3.63, 3.8) is 0 Å². The van der Waals surface area contributed by atoms with Crippen molar-refractivity contribution in [2.75, 3.05) is 6.26 Å². The molecule has 82 valence electrons. The molecule has 3 nitrogen and oxygen atoms in total. The standard InChI is InChI=1S/C10H20N2OS/c1-7(10(11)13)12-8-5-3-4-6-9(8)14-2/h7-9,12H,3-6H2,1-2H3,(H2,11,13). The molecule has 1 aliphatic carbocycles. The molecule has 4 heteroatoms. The summed E-state index contributed by atoms with van der Waals surface area (Å²) in [6.07, 6.45) is 7.14. The minimum absolute atomic E-state index is 0.201. The number of hydrogen-bond acceptors (Lipinski definition) is 3. The molecule has 1 rings (SSSR count). The maximum absolute atomic E-state index is 10.9. The molecule has 0 aliphatic heterocycles. The molecular weight excluding hydrogens is 196 g/mol. The molecule has 1 amide bonds. The van der Waals surface area contributed by atoms with E-state index in [1.165, 1.54) is 25.7 Å². The second-order valence-corrected chi connectivity index (χ2v) is 5.03. The molecule has 0 spiro atoms. The van der Waals surface area contributed by atoms with Gasteiger partial charge in [-0.15, -0.1) is 0 Å². The van der Waals surface area contributed by atoms with Crippen LogP contribution in [0.25, 0.3) is 0 Å². The van der Waals surface area contributed by atoms with Gasteiger partial charge in [0.15, 0.2) is 0 Å². The molecule has 3 N–H and O–H groups in total. The zero-order chi connectivity index (χ0) is 10.6. The Hall–Kier alpha value is -0.220. The molecule has 1 saturated carbocycles. The summed E-state index contributed by atoms with van der Waals surface area (Å²) in [4.78, 5) is 10.9. The highest BCUT2D eigenvalue weighted by molar-refractivity contribution is 7.99. The Bertz CT molecular complexity index is 199. The van der Waals surface area contributed by atoms with Crippen LogP contribution in [0.5, 0.6) is 0 Å². The van der Waals surface area contributed by atoms with Crippen LogP contribution in [0.4, 0.5) is 0 Å². The normalized spacial score (nSPS) is 29.9. The van der Waals surface area contributed by atoms with Crippen molar-refractivity contribution in [2.24, 2.45) is 5.73 Å². The number of carbonyl (C=O) groups is 1. The van der Waals surface area contributed by atoms with Crippen LogP contribution in [-0.2, 0) is 4.79 Å². The van der Waals surface area contributed by atoms with Gasteiger partial charge in [-0.1, -0.05) is 12.8 Å². The number of nitrogens with two attached hydrogens (primary N) is 1. The molecule has 0 heterocycles. The molecule has 0 saturated heterocycles. The Morgan fingerprint density at radius 3 is 2.71 bits per heavy atom. The zero-order valence-electron chi connectivity index (χ0n) is 8.95. The molecule has 14 heavy (non-hydrogen) atoms. The third-order valence-corrected chi connectivity index (χ3v) is 4.07. The summed E-state index contributed by atoms with van der Waals surface area (Å²) < 4.78 is 0. The average molecular weight is 216 g/mol. The Labute approximate surface area is 90.2 Å². The zero-order valence-corrected chi connectivity index (χ0v) is 9.77. The fraction of sp³-hybridized carbons (Fsp3) is 0.900. The van der Waals surface area contributed by atoms with Gasteiger partial charge in [0.05, 0.1) is 6.04 Å². The lowest BCUT2D eigenvalue weighted by Gasteiger charge is -2.32. The van der Waals surface area contributed by atoms with E-state index in [1.54, 1.807) is 0 Å². The number of hydrogen-bond donors (Lipinski definition) is 2. The highest BCUT2D eigenvalue weighted by Gasteiger charge is 2.26. The Kier molecular flexibility index (Phi) is 4.75. The monoisotopic (exact) mass is 216 g/mol. The highest BCUT2D eigenvalue weighted by atomic mass is 32.2. The molecular formula is C10H20N2OS. The van der Waals surface area contributed by atoms with Crippen molar-refractivity contribution in [3.05, 3.63) is 0 Å². The second kappa shape index (κ2) is 5.61. The van der Waals surface area contributed by atoms with E-state index in [1.807, 2.05) is 18.7 Å². The minimum Gasteiger partial charge on any atom is -0.368 e. The summed E-state index contributed by atoms with van der Waals surface area (Å²) in [6.45, 7) is 1.84. The number of primary amides is 1. The molecule has 0 radical (unpaired) electrons. The van der Waals surface area contributed by atoms with Crippen molar-refractivity contribution in [1.29, 1.82) is 0 Å². The molecule has 0 bridgehead atoms. The van der Waals surface area contributed by atoms with Crippen molar-refractivity contribution < 1.29 is 4.79 Å². The van der Waals surface area contributed by atoms with E-state index in [4.69, 9.17) is 5.73 Å². The van der Waals surface area contributed by atoms with Gasteiger partial charge in [-0.2, -0.15) is 11.8 Å². The number of rotatable bonds is 4. The molecule has 0 aromatic carbocycles. The fourth-order valence-electron chi connectivity index (χ4n) is 1.97. The first-order chi connectivity index (χ1) is 6.65. The molecule has 3 atom stereocenters. The Balaban J connectivity index is 2.44. The summed E-state index contributed by atoms with van der Waals surface area (Å²) in [5.41, 5.74) is 5.23. The third-order valence-electron chi connectivity index (χ3n) is 2.90. The number of nitrogens with one attached hydrogen (secondary N) is 1. The average Bonchev–Trinajstić information content (AvgIpc) is 2.18. The van der Waals surface area contributed by atoms with E-state index in [2.05, 4.69) is 11.6 Å². The van der Waals surface area contributed by atoms with Crippen LogP contribution in [0.3, 0.4) is 0 Å². The number of thioether (sulfide) groups is 1. The van der Waals surface area contributed by atoms with E-state index in [-0.39, 0.29) is 11.9 Å². The number of amides is 1. The Morgan fingerprint density at radius 2 is 2.14 bits per heavy atom. The first-order valence-corrected chi connectivity index (χ1v) is 6.52. The predicted octanol–water partition coefficient (Wildman–Crippen LogP) is 1.12. The number of carbonyl (C=O) groups excluding carboxylic acids is 1. The van der Waals surface area contributed by atoms with Gasteiger partial charge in [-0.25, -0.2) is 0 Å². The van der Waals surface area contributed by atoms with Gasteiger partial charge in [0.1, 0.15) is 0 Å². The van der Waals surface area contributed by atoms with Crippen LogP contribution in [0.2, 0.25) is 0 Å². The maximum Gasteiger partial charge on any atom is 0.234 e. The van der Waals surface area contributed by atoms with Crippen LogP contribution < -0.4 is 11.1 Å². The molecule has 3 unspecified atom stereocenters. The second-order valence-electron chi connectivity index (χ2n) is 3.96. The summed E-state index contributed by atoms with van der Waals surface area (Å²) in [5.74, 6) is -0.254. The molecule has 1 aliphatic rings. The quantitative estimate of drug-likeness (QED) is 0.740. The smallest absolute Gasteiger partial charge is 0.234 e. The highest BCUT2D eigenvalue weighted by Crippen LogP contribution is 2.27. The van der Waals surface area contributed by atoms with E-state index < -0.39 is 0 Å². The largest absolute Gasteiger partial charge is 0.368 e. The van der Waals surface area contributed by atoms with E-state index >= 15 is 0 Å². The minimum atomic E-state index is -0.254. The van der Waals surface area contributed by atoms with Crippen LogP contribution in [0.15, 0.2) is 0 Å². The van der Waals surface area contributed by atoms with E-state index in [0.29, 0.717) is 11.3 Å². The van der Waals surface area contributed by atoms with Gasteiger partial charge in [0, 0.05) is 11.3 Å². The van der Waals surface area contributed by atoms with Gasteiger partial charge in [0.25, 0.3) is 0 Å². The van der Waals surface area contributed by atoms with Crippen molar-refractivity contribution in [3.8, 4) is 0 Å². The van der Waals surface area contributed by atoms with Crippen LogP contribution >= 0.6 is 11.8 Å². The maximum atomic E-state index is 10.9. The molecule has 1 fully saturated rings. The first kappa shape index (κ1) is 11.9. The van der Waals surface area contributed by atoms with Crippen molar-refractivity contribution >= 4 is 17.7 Å². The van der Waals surface area contributed by atoms with Crippen molar-refractivity contribution in [2.45, 2.75) is 49.9 Å². The third kappa shape index (κ3) is 3.17. The summed E-state index contributed by atoms with van der Waals surface area (Å²) >= 11 is 1.89. The lowest BCUT2D eigenvalue weighted by Crippen LogP contribution is -2.49. The summed E-state index contributed by atoms with van der Waals surface area (Å²) in [6, 6.07) is 0.258. The lowest BCUT2D eigenvalue weighted by molar-refractivity contribution is -0.119. The van der Waals surface area contributed by atoms with Gasteiger partial charge >= 0.3 is 0 Å².